The number of carboxylic acid groups (broad SMARTS) is 1. The second-order valence-corrected chi connectivity index (χ2v) is 9.73. The van der Waals surface area contributed by atoms with Crippen LogP contribution in [0.25, 0.3) is 27.0 Å². The van der Waals surface area contributed by atoms with Crippen molar-refractivity contribution in [2.75, 3.05) is 0 Å². The van der Waals surface area contributed by atoms with E-state index in [1.807, 2.05) is 5.01 Å². The summed E-state index contributed by atoms with van der Waals surface area (Å²) in [5.74, 6) is -0.261. The molecular weight excluding hydrogens is 436 g/mol. The van der Waals surface area contributed by atoms with Crippen molar-refractivity contribution < 1.29 is 9.90 Å². The molecule has 168 valence electrons. The van der Waals surface area contributed by atoms with Gasteiger partial charge in [-0.25, -0.2) is 10.0 Å². The summed E-state index contributed by atoms with van der Waals surface area (Å²) in [5, 5.41) is 22.7. The standard InChI is InChI=1S/C24H24N6O2S/c25-22-21-20(17-11-15-3-1-4-16(19(15)28-17)18-5-2-10-33-18)29-23(30(21)27-12-26-22)13-6-8-14(9-7-13)24(31)32/h1-5,10-14,23,28-29H,6-9H2,(H,31,32)(H2,25,26,27)/t13-,14-,23?. The Morgan fingerprint density at radius 1 is 1.18 bits per heavy atom. The summed E-state index contributed by atoms with van der Waals surface area (Å²) in [5.41, 5.74) is 11.2. The summed E-state index contributed by atoms with van der Waals surface area (Å²) < 4.78 is 0. The van der Waals surface area contributed by atoms with Gasteiger partial charge >= 0.3 is 5.97 Å². The monoisotopic (exact) mass is 460 g/mol. The molecule has 2 aromatic heterocycles. The van der Waals surface area contributed by atoms with Crippen LogP contribution in [0.4, 0.5) is 0 Å². The van der Waals surface area contributed by atoms with E-state index in [9.17, 15) is 9.90 Å². The number of H-pyrrole nitrogens is 1. The van der Waals surface area contributed by atoms with E-state index in [1.54, 1.807) is 11.3 Å². The molecule has 1 atom stereocenters. The molecule has 0 bridgehead atoms. The molecule has 3 aromatic rings. The molecule has 1 fully saturated rings. The van der Waals surface area contributed by atoms with Crippen LogP contribution in [0.2, 0.25) is 0 Å². The number of rotatable bonds is 4. The highest BCUT2D eigenvalue weighted by atomic mass is 32.1. The number of hydrazone groups is 1. The van der Waals surface area contributed by atoms with Gasteiger partial charge in [0.15, 0.2) is 5.84 Å². The molecule has 4 heterocycles. The van der Waals surface area contributed by atoms with Crippen LogP contribution in [0.1, 0.15) is 31.4 Å². The molecule has 1 aliphatic carbocycles. The molecule has 0 saturated heterocycles. The predicted molar refractivity (Wildman–Crippen MR) is 130 cm³/mol. The van der Waals surface area contributed by atoms with Crippen LogP contribution in [-0.2, 0) is 4.79 Å². The third-order valence-electron chi connectivity index (χ3n) is 6.92. The molecule has 1 aromatic carbocycles. The number of hydrogen-bond acceptors (Lipinski definition) is 7. The molecule has 8 nitrogen and oxygen atoms in total. The van der Waals surface area contributed by atoms with Crippen molar-refractivity contribution in [1.29, 1.82) is 0 Å². The van der Waals surface area contributed by atoms with Gasteiger partial charge in [-0.3, -0.25) is 4.79 Å². The van der Waals surface area contributed by atoms with Crippen LogP contribution in [0, 0.1) is 11.8 Å². The van der Waals surface area contributed by atoms with Crippen molar-refractivity contribution in [3.8, 4) is 10.4 Å². The maximum atomic E-state index is 11.4. The lowest BCUT2D eigenvalue weighted by molar-refractivity contribution is -0.143. The van der Waals surface area contributed by atoms with E-state index < -0.39 is 5.97 Å². The summed E-state index contributed by atoms with van der Waals surface area (Å²) >= 11 is 1.72. The summed E-state index contributed by atoms with van der Waals surface area (Å²) in [6.45, 7) is 0. The Kier molecular flexibility index (Phi) is 4.72. The van der Waals surface area contributed by atoms with Crippen LogP contribution in [0.3, 0.4) is 0 Å². The van der Waals surface area contributed by atoms with Gasteiger partial charge in [0.2, 0.25) is 0 Å². The molecule has 5 N–H and O–H groups in total. The highest BCUT2D eigenvalue weighted by molar-refractivity contribution is 7.13. The Bertz CT molecular complexity index is 1310. The van der Waals surface area contributed by atoms with E-state index in [2.05, 4.69) is 62.2 Å². The van der Waals surface area contributed by atoms with Crippen molar-refractivity contribution >= 4 is 46.1 Å². The minimum Gasteiger partial charge on any atom is -0.481 e. The van der Waals surface area contributed by atoms with Crippen molar-refractivity contribution in [3.63, 3.8) is 0 Å². The van der Waals surface area contributed by atoms with Crippen LogP contribution in [-0.4, -0.2) is 39.4 Å². The molecule has 1 saturated carbocycles. The van der Waals surface area contributed by atoms with Gasteiger partial charge in [-0.05, 0) is 49.1 Å². The molecule has 9 heteroatoms. The zero-order valence-electron chi connectivity index (χ0n) is 17.9. The summed E-state index contributed by atoms with van der Waals surface area (Å²) in [6.07, 6.45) is 4.42. The minimum absolute atomic E-state index is 0.0850. The summed E-state index contributed by atoms with van der Waals surface area (Å²) in [6, 6.07) is 12.6. The van der Waals surface area contributed by atoms with Gasteiger partial charge in [-0.15, -0.1) is 11.3 Å². The van der Waals surface area contributed by atoms with E-state index >= 15 is 0 Å². The fourth-order valence-corrected chi connectivity index (χ4v) is 6.00. The lowest BCUT2D eigenvalue weighted by Gasteiger charge is -2.35. The number of aromatic amines is 1. The number of carbonyl (C=O) groups is 1. The predicted octanol–water partition coefficient (Wildman–Crippen LogP) is 4.00. The third-order valence-corrected chi connectivity index (χ3v) is 7.82. The number of para-hydroxylation sites is 1. The van der Waals surface area contributed by atoms with Crippen LogP contribution in [0.15, 0.2) is 57.6 Å². The van der Waals surface area contributed by atoms with E-state index in [4.69, 9.17) is 5.73 Å². The maximum Gasteiger partial charge on any atom is 0.306 e. The molecule has 3 aliphatic rings. The Balaban J connectivity index is 1.37. The van der Waals surface area contributed by atoms with Crippen molar-refractivity contribution in [2.45, 2.75) is 31.8 Å². The first-order chi connectivity index (χ1) is 16.1. The number of aliphatic carboxylic acids is 1. The third kappa shape index (κ3) is 3.31. The number of fused-ring (bicyclic) bond motifs is 2. The first-order valence-corrected chi connectivity index (χ1v) is 12.0. The van der Waals surface area contributed by atoms with E-state index in [1.165, 1.54) is 16.8 Å². The number of nitrogens with one attached hydrogen (secondary N) is 2. The Labute approximate surface area is 194 Å². The quantitative estimate of drug-likeness (QED) is 0.469. The Morgan fingerprint density at radius 2 is 2.03 bits per heavy atom. The lowest BCUT2D eigenvalue weighted by atomic mass is 9.80. The smallest absolute Gasteiger partial charge is 0.306 e. The van der Waals surface area contributed by atoms with Gasteiger partial charge < -0.3 is 21.1 Å². The first-order valence-electron chi connectivity index (χ1n) is 11.1. The van der Waals surface area contributed by atoms with Crippen LogP contribution < -0.4 is 11.1 Å². The number of aromatic nitrogens is 1. The van der Waals surface area contributed by atoms with Crippen molar-refractivity contribution in [1.82, 2.24) is 15.3 Å². The highest BCUT2D eigenvalue weighted by Crippen LogP contribution is 2.40. The number of amidine groups is 1. The number of carboxylic acids is 1. The molecule has 6 rings (SSSR count). The normalized spacial score (nSPS) is 24.7. The Hall–Kier alpha value is -3.59. The van der Waals surface area contributed by atoms with Crippen molar-refractivity contribution in [2.24, 2.45) is 27.7 Å². The number of nitrogens with zero attached hydrogens (tertiary/aromatic N) is 3. The number of hydrogen-bond donors (Lipinski definition) is 4. The number of benzene rings is 1. The summed E-state index contributed by atoms with van der Waals surface area (Å²) in [4.78, 5) is 20.5. The fraction of sp³-hybridized carbons (Fsp3) is 0.292. The zero-order chi connectivity index (χ0) is 22.5. The van der Waals surface area contributed by atoms with Gasteiger partial charge in [0, 0.05) is 15.8 Å². The highest BCUT2D eigenvalue weighted by Gasteiger charge is 2.42. The maximum absolute atomic E-state index is 11.4. The first kappa shape index (κ1) is 20.0. The molecule has 2 aliphatic heterocycles. The number of nitrogens with two attached hydrogens (primary N) is 1. The van der Waals surface area contributed by atoms with Crippen LogP contribution in [0.5, 0.6) is 0 Å². The summed E-state index contributed by atoms with van der Waals surface area (Å²) in [7, 11) is 0. The van der Waals surface area contributed by atoms with Gasteiger partial charge in [0.05, 0.1) is 22.8 Å². The van der Waals surface area contributed by atoms with Gasteiger partial charge in [0.1, 0.15) is 18.2 Å². The molecule has 0 spiro atoms. The van der Waals surface area contributed by atoms with E-state index in [-0.39, 0.29) is 18.0 Å². The second kappa shape index (κ2) is 7.77. The second-order valence-electron chi connectivity index (χ2n) is 8.78. The van der Waals surface area contributed by atoms with Gasteiger partial charge in [-0.1, -0.05) is 24.3 Å². The SMILES string of the molecule is NC1=NC=NN2C1=C(c1cc3cccc(-c4cccs4)c3[nH]1)NC2[C@H]1CC[C@H](C(=O)O)CC1. The van der Waals surface area contributed by atoms with Crippen molar-refractivity contribution in [3.05, 3.63) is 53.2 Å². The molecule has 1 unspecified atom stereocenters. The molecular formula is C24H24N6O2S. The number of thiophene rings is 1. The minimum atomic E-state index is -0.695. The average molecular weight is 461 g/mol. The molecule has 0 radical (unpaired) electrons. The fourth-order valence-electron chi connectivity index (χ4n) is 5.24. The van der Waals surface area contributed by atoms with E-state index in [0.29, 0.717) is 18.7 Å². The largest absolute Gasteiger partial charge is 0.481 e. The average Bonchev–Trinajstić information content (AvgIpc) is 3.57. The number of aliphatic imine (C=N–C) groups is 1. The molecule has 0 amide bonds. The van der Waals surface area contributed by atoms with Gasteiger partial charge in [0.25, 0.3) is 0 Å². The van der Waals surface area contributed by atoms with E-state index in [0.717, 1.165) is 40.8 Å². The lowest BCUT2D eigenvalue weighted by Crippen LogP contribution is -2.44. The van der Waals surface area contributed by atoms with Crippen LogP contribution >= 0.6 is 11.3 Å². The Morgan fingerprint density at radius 3 is 2.79 bits per heavy atom. The topological polar surface area (TPSA) is 119 Å². The zero-order valence-corrected chi connectivity index (χ0v) is 18.7. The molecule has 33 heavy (non-hydrogen) atoms. The van der Waals surface area contributed by atoms with Gasteiger partial charge in [-0.2, -0.15) is 5.10 Å².